The number of rotatable bonds is 9. The lowest BCUT2D eigenvalue weighted by Crippen LogP contribution is -2.47. The molecule has 174 valence electrons. The fourth-order valence-electron chi connectivity index (χ4n) is 3.50. The molecule has 0 aliphatic heterocycles. The molecule has 0 unspecified atom stereocenters. The molecule has 0 heterocycles. The second-order valence-electron chi connectivity index (χ2n) is 7.70. The maximum atomic E-state index is 13.4. The van der Waals surface area contributed by atoms with Crippen molar-refractivity contribution in [2.45, 2.75) is 37.0 Å². The molecule has 0 aromatic heterocycles. The van der Waals surface area contributed by atoms with Gasteiger partial charge in [-0.1, -0.05) is 37.3 Å². The monoisotopic (exact) mass is 486 g/mol. The van der Waals surface area contributed by atoms with Crippen molar-refractivity contribution < 1.29 is 17.6 Å². The van der Waals surface area contributed by atoms with Crippen LogP contribution < -0.4 is 9.62 Å². The zero-order valence-corrected chi connectivity index (χ0v) is 20.4. The lowest BCUT2D eigenvalue weighted by molar-refractivity contribution is -0.117. The van der Waals surface area contributed by atoms with Gasteiger partial charge >= 0.3 is 0 Å². The number of nitrogens with zero attached hydrogens (tertiary/aromatic N) is 1. The molecule has 3 aromatic carbocycles. The molecule has 1 N–H and O–H groups in total. The van der Waals surface area contributed by atoms with Crippen LogP contribution >= 0.6 is 11.8 Å². The Hall–Kier alpha value is -2.84. The summed E-state index contributed by atoms with van der Waals surface area (Å²) in [6.45, 7) is 3.64. The molecule has 0 saturated carbocycles. The summed E-state index contributed by atoms with van der Waals surface area (Å²) in [4.78, 5) is 14.3. The van der Waals surface area contributed by atoms with Crippen molar-refractivity contribution in [2.24, 2.45) is 0 Å². The molecule has 33 heavy (non-hydrogen) atoms. The molecule has 0 aliphatic carbocycles. The second-order valence-corrected chi connectivity index (χ2v) is 10.6. The Morgan fingerprint density at radius 1 is 1.06 bits per heavy atom. The number of aryl methyl sites for hydroxylation is 1. The van der Waals surface area contributed by atoms with E-state index < -0.39 is 27.8 Å². The molecule has 0 radical (unpaired) electrons. The van der Waals surface area contributed by atoms with Crippen molar-refractivity contribution in [1.82, 2.24) is 0 Å². The Labute approximate surface area is 199 Å². The molecule has 0 bridgehead atoms. The Balaban J connectivity index is 1.76. The SMILES string of the molecule is CC[C@@H](C(=O)Nc1ccc(CSc2ccccc2)cc1C)N(c1ccc(F)cc1)S(C)(=O)=O. The molecule has 1 amide bonds. The smallest absolute Gasteiger partial charge is 0.248 e. The van der Waals surface area contributed by atoms with Crippen LogP contribution in [0.5, 0.6) is 0 Å². The minimum absolute atomic E-state index is 0.242. The van der Waals surface area contributed by atoms with Gasteiger partial charge in [0.1, 0.15) is 11.9 Å². The standard InChI is InChI=1S/C25H27FN2O3S2/c1-4-24(28(33(3,30)31)21-13-11-20(26)12-14-21)25(29)27-23-15-10-19(16-18(23)2)17-32-22-8-6-5-7-9-22/h5-16,24H,4,17H2,1-3H3,(H,27,29)/t24-/m0/s1. The maximum Gasteiger partial charge on any atom is 0.248 e. The first-order chi connectivity index (χ1) is 15.7. The van der Waals surface area contributed by atoms with E-state index in [1.54, 1.807) is 18.7 Å². The van der Waals surface area contributed by atoms with Crippen molar-refractivity contribution in [3.8, 4) is 0 Å². The van der Waals surface area contributed by atoms with Crippen LogP contribution in [0.15, 0.2) is 77.7 Å². The van der Waals surface area contributed by atoms with Gasteiger partial charge in [-0.3, -0.25) is 9.10 Å². The van der Waals surface area contributed by atoms with Gasteiger partial charge in [0.2, 0.25) is 15.9 Å². The van der Waals surface area contributed by atoms with Gasteiger partial charge in [-0.25, -0.2) is 12.8 Å². The molecule has 0 spiro atoms. The van der Waals surface area contributed by atoms with Gasteiger partial charge < -0.3 is 5.32 Å². The number of hydrogen-bond donors (Lipinski definition) is 1. The van der Waals surface area contributed by atoms with Crippen LogP contribution in [0.25, 0.3) is 0 Å². The maximum absolute atomic E-state index is 13.4. The summed E-state index contributed by atoms with van der Waals surface area (Å²) in [6.07, 6.45) is 1.29. The average Bonchev–Trinajstić information content (AvgIpc) is 2.78. The minimum atomic E-state index is -3.78. The molecule has 0 saturated heterocycles. The van der Waals surface area contributed by atoms with E-state index in [0.717, 1.165) is 27.4 Å². The number of thioether (sulfide) groups is 1. The lowest BCUT2D eigenvalue weighted by Gasteiger charge is -2.30. The van der Waals surface area contributed by atoms with Crippen LogP contribution in [-0.4, -0.2) is 26.6 Å². The first kappa shape index (κ1) is 24.8. The van der Waals surface area contributed by atoms with Gasteiger partial charge in [-0.15, -0.1) is 11.8 Å². The van der Waals surface area contributed by atoms with E-state index in [4.69, 9.17) is 0 Å². The van der Waals surface area contributed by atoms with E-state index in [1.807, 2.05) is 43.3 Å². The van der Waals surface area contributed by atoms with Gasteiger partial charge in [0.15, 0.2) is 0 Å². The van der Waals surface area contributed by atoms with E-state index in [-0.39, 0.29) is 12.1 Å². The number of halogens is 1. The molecule has 0 aliphatic rings. The molecule has 3 aromatic rings. The number of hydrogen-bond acceptors (Lipinski definition) is 4. The van der Waals surface area contributed by atoms with Crippen molar-refractivity contribution >= 4 is 39.1 Å². The van der Waals surface area contributed by atoms with E-state index >= 15 is 0 Å². The zero-order chi connectivity index (χ0) is 24.0. The molecule has 8 heteroatoms. The third-order valence-corrected chi connectivity index (χ3v) is 7.37. The number of carbonyl (C=O) groups excluding carboxylic acids is 1. The Bertz CT molecular complexity index is 1200. The van der Waals surface area contributed by atoms with Crippen LogP contribution in [0.1, 0.15) is 24.5 Å². The number of nitrogens with one attached hydrogen (secondary N) is 1. The predicted octanol–water partition coefficient (Wildman–Crippen LogP) is 5.61. The first-order valence-electron chi connectivity index (χ1n) is 10.5. The highest BCUT2D eigenvalue weighted by Crippen LogP contribution is 2.27. The summed E-state index contributed by atoms with van der Waals surface area (Å²) in [7, 11) is -3.78. The second kappa shape index (κ2) is 10.9. The fourth-order valence-corrected chi connectivity index (χ4v) is 5.58. The summed E-state index contributed by atoms with van der Waals surface area (Å²) >= 11 is 1.73. The van der Waals surface area contributed by atoms with Gasteiger partial charge in [-0.2, -0.15) is 0 Å². The van der Waals surface area contributed by atoms with Crippen molar-refractivity contribution in [3.63, 3.8) is 0 Å². The van der Waals surface area contributed by atoms with Crippen LogP contribution in [0.4, 0.5) is 15.8 Å². The largest absolute Gasteiger partial charge is 0.324 e. The van der Waals surface area contributed by atoms with Crippen LogP contribution in [0.2, 0.25) is 0 Å². The topological polar surface area (TPSA) is 66.5 Å². The highest BCUT2D eigenvalue weighted by molar-refractivity contribution is 7.98. The number of anilines is 2. The third kappa shape index (κ3) is 6.58. The Kier molecular flexibility index (Phi) is 8.15. The normalized spacial score (nSPS) is 12.2. The van der Waals surface area contributed by atoms with Crippen LogP contribution in [0.3, 0.4) is 0 Å². The summed E-state index contributed by atoms with van der Waals surface area (Å²) in [5, 5.41) is 2.87. The number of carbonyl (C=O) groups is 1. The number of amides is 1. The summed E-state index contributed by atoms with van der Waals surface area (Å²) in [6, 6.07) is 20.0. The minimum Gasteiger partial charge on any atom is -0.324 e. The van der Waals surface area contributed by atoms with E-state index in [9.17, 15) is 17.6 Å². The van der Waals surface area contributed by atoms with Crippen molar-refractivity contribution in [1.29, 1.82) is 0 Å². The molecular weight excluding hydrogens is 459 g/mol. The quantitative estimate of drug-likeness (QED) is 0.399. The first-order valence-corrected chi connectivity index (χ1v) is 13.4. The Morgan fingerprint density at radius 3 is 2.30 bits per heavy atom. The van der Waals surface area contributed by atoms with E-state index in [0.29, 0.717) is 5.69 Å². The Morgan fingerprint density at radius 2 is 1.73 bits per heavy atom. The third-order valence-electron chi connectivity index (χ3n) is 5.11. The molecule has 1 atom stereocenters. The van der Waals surface area contributed by atoms with Gasteiger partial charge in [0.05, 0.1) is 11.9 Å². The van der Waals surface area contributed by atoms with Crippen molar-refractivity contribution in [3.05, 3.63) is 89.7 Å². The van der Waals surface area contributed by atoms with Crippen molar-refractivity contribution in [2.75, 3.05) is 15.9 Å². The van der Waals surface area contributed by atoms with Crippen LogP contribution in [0, 0.1) is 12.7 Å². The van der Waals surface area contributed by atoms with Gasteiger partial charge in [-0.05, 0) is 66.9 Å². The summed E-state index contributed by atoms with van der Waals surface area (Å²) in [5.74, 6) is -0.129. The zero-order valence-electron chi connectivity index (χ0n) is 18.8. The molecule has 5 nitrogen and oxygen atoms in total. The average molecular weight is 487 g/mol. The van der Waals surface area contributed by atoms with E-state index in [2.05, 4.69) is 17.4 Å². The lowest BCUT2D eigenvalue weighted by atomic mass is 10.1. The highest BCUT2D eigenvalue weighted by atomic mass is 32.2. The predicted molar refractivity (Wildman–Crippen MR) is 134 cm³/mol. The van der Waals surface area contributed by atoms with Crippen LogP contribution in [-0.2, 0) is 20.6 Å². The molecule has 3 rings (SSSR count). The fraction of sp³-hybridized carbons (Fsp3) is 0.240. The summed E-state index contributed by atoms with van der Waals surface area (Å²) < 4.78 is 39.4. The van der Waals surface area contributed by atoms with E-state index in [1.165, 1.54) is 29.2 Å². The van der Waals surface area contributed by atoms with Gasteiger partial charge in [0.25, 0.3) is 0 Å². The molecule has 0 fully saturated rings. The highest BCUT2D eigenvalue weighted by Gasteiger charge is 2.31. The molecular formula is C25H27FN2O3S2. The number of benzene rings is 3. The number of sulfonamides is 1. The van der Waals surface area contributed by atoms with Gasteiger partial charge in [0, 0.05) is 16.3 Å². The summed E-state index contributed by atoms with van der Waals surface area (Å²) in [5.41, 5.74) is 2.87.